The summed E-state index contributed by atoms with van der Waals surface area (Å²) in [6.45, 7) is 4.08. The molecule has 1 aromatic heterocycles. The number of hydrogen-bond donors (Lipinski definition) is 2. The summed E-state index contributed by atoms with van der Waals surface area (Å²) in [6.07, 6.45) is 0.513. The normalized spacial score (nSPS) is 10.7. The van der Waals surface area contributed by atoms with E-state index in [1.54, 1.807) is 0 Å². The molecule has 0 unspecified atom stereocenters. The fourth-order valence-corrected chi connectivity index (χ4v) is 3.22. The van der Waals surface area contributed by atoms with Crippen LogP contribution >= 0.6 is 11.3 Å². The van der Waals surface area contributed by atoms with Gasteiger partial charge < -0.3 is 9.84 Å². The van der Waals surface area contributed by atoms with Gasteiger partial charge in [0.05, 0.1) is 4.88 Å². The van der Waals surface area contributed by atoms with Crippen molar-refractivity contribution in [3.63, 3.8) is 0 Å². The highest BCUT2D eigenvalue weighted by Crippen LogP contribution is 2.26. The Bertz CT molecular complexity index is 858. The number of hydrogen-bond acceptors (Lipinski definition) is 4. The number of H-pyrrole nitrogens is 1. The van der Waals surface area contributed by atoms with Gasteiger partial charge in [-0.25, -0.2) is 0 Å². The molecule has 0 aliphatic heterocycles. The second-order valence-corrected chi connectivity index (χ2v) is 6.60. The summed E-state index contributed by atoms with van der Waals surface area (Å²) in [5.74, 6) is 1.53. The molecule has 0 radical (unpaired) electrons. The first-order valence-electron chi connectivity index (χ1n) is 7.25. The van der Waals surface area contributed by atoms with E-state index in [2.05, 4.69) is 11.1 Å². The van der Waals surface area contributed by atoms with Gasteiger partial charge in [-0.3, -0.25) is 9.78 Å². The third-order valence-corrected chi connectivity index (χ3v) is 4.29. The number of ether oxygens (including phenoxy) is 1. The molecule has 0 aliphatic carbocycles. The number of thiazole rings is 1. The number of aryl methyl sites for hydroxylation is 2. The van der Waals surface area contributed by atoms with Gasteiger partial charge in [0, 0.05) is 6.42 Å². The zero-order valence-electron chi connectivity index (χ0n) is 12.9. The Morgan fingerprint density at radius 2 is 1.70 bits per heavy atom. The quantitative estimate of drug-likeness (QED) is 0.757. The predicted molar refractivity (Wildman–Crippen MR) is 91.8 cm³/mol. The van der Waals surface area contributed by atoms with Crippen molar-refractivity contribution in [1.29, 1.82) is 0 Å². The molecule has 0 bridgehead atoms. The standard InChI is InChI=1S/C18H17NO3S/c1-11-7-12(2)9-15(8-11)22-14-5-3-13(4-6-14)10-16-17(20)19-18(21)23-16/h3-9,20H,10H2,1-2H3,(H,19,21). The van der Waals surface area contributed by atoms with Crippen molar-refractivity contribution in [3.8, 4) is 17.4 Å². The third kappa shape index (κ3) is 3.81. The topological polar surface area (TPSA) is 62.3 Å². The molecule has 4 nitrogen and oxygen atoms in total. The molecule has 0 atom stereocenters. The Morgan fingerprint density at radius 1 is 1.04 bits per heavy atom. The lowest BCUT2D eigenvalue weighted by atomic mass is 10.1. The Kier molecular flexibility index (Phi) is 4.21. The number of benzene rings is 2. The molecule has 0 saturated carbocycles. The minimum absolute atomic E-state index is 0.0458. The van der Waals surface area contributed by atoms with Gasteiger partial charge in [-0.05, 0) is 54.8 Å². The highest BCUT2D eigenvalue weighted by molar-refractivity contribution is 7.09. The molecule has 0 saturated heterocycles. The first kappa shape index (κ1) is 15.4. The van der Waals surface area contributed by atoms with Crippen molar-refractivity contribution in [1.82, 2.24) is 4.98 Å². The average molecular weight is 327 g/mol. The van der Waals surface area contributed by atoms with Gasteiger partial charge >= 0.3 is 4.87 Å². The van der Waals surface area contributed by atoms with Crippen LogP contribution in [0, 0.1) is 13.8 Å². The fourth-order valence-electron chi connectivity index (χ4n) is 2.46. The third-order valence-electron chi connectivity index (χ3n) is 3.42. The molecule has 2 aromatic carbocycles. The molecule has 3 rings (SSSR count). The summed E-state index contributed by atoms with van der Waals surface area (Å²) in [5.41, 5.74) is 3.33. The summed E-state index contributed by atoms with van der Waals surface area (Å²) in [6, 6.07) is 13.7. The molecular formula is C18H17NO3S. The monoisotopic (exact) mass is 327 g/mol. The SMILES string of the molecule is Cc1cc(C)cc(Oc2ccc(Cc3sc(=O)[nH]c3O)cc2)c1. The smallest absolute Gasteiger partial charge is 0.307 e. The lowest BCUT2D eigenvalue weighted by Crippen LogP contribution is -1.89. The van der Waals surface area contributed by atoms with Crippen LogP contribution in [0.2, 0.25) is 0 Å². The van der Waals surface area contributed by atoms with Gasteiger partial charge in [0.25, 0.3) is 0 Å². The highest BCUT2D eigenvalue weighted by atomic mass is 32.1. The van der Waals surface area contributed by atoms with E-state index in [4.69, 9.17) is 4.74 Å². The van der Waals surface area contributed by atoms with E-state index >= 15 is 0 Å². The highest BCUT2D eigenvalue weighted by Gasteiger charge is 2.08. The van der Waals surface area contributed by atoms with Crippen LogP contribution in [-0.2, 0) is 6.42 Å². The van der Waals surface area contributed by atoms with Crippen LogP contribution in [-0.4, -0.2) is 10.1 Å². The number of aromatic amines is 1. The Balaban J connectivity index is 1.74. The van der Waals surface area contributed by atoms with Gasteiger partial charge in [0.2, 0.25) is 5.88 Å². The first-order valence-corrected chi connectivity index (χ1v) is 8.07. The van der Waals surface area contributed by atoms with Crippen molar-refractivity contribution in [2.24, 2.45) is 0 Å². The second-order valence-electron chi connectivity index (χ2n) is 5.53. The van der Waals surface area contributed by atoms with E-state index in [1.165, 1.54) is 0 Å². The molecule has 3 aromatic rings. The van der Waals surface area contributed by atoms with Gasteiger partial charge in [0.1, 0.15) is 11.5 Å². The van der Waals surface area contributed by atoms with Gasteiger partial charge in [-0.15, -0.1) is 0 Å². The number of aromatic nitrogens is 1. The molecular weight excluding hydrogens is 310 g/mol. The Hall–Kier alpha value is -2.53. The largest absolute Gasteiger partial charge is 0.494 e. The molecule has 2 N–H and O–H groups in total. The van der Waals surface area contributed by atoms with E-state index in [0.29, 0.717) is 11.3 Å². The molecule has 0 fully saturated rings. The van der Waals surface area contributed by atoms with E-state index < -0.39 is 0 Å². The van der Waals surface area contributed by atoms with Crippen molar-refractivity contribution >= 4 is 11.3 Å². The minimum Gasteiger partial charge on any atom is -0.494 e. The molecule has 1 heterocycles. The van der Waals surface area contributed by atoms with Crippen LogP contribution in [0.5, 0.6) is 17.4 Å². The molecule has 5 heteroatoms. The van der Waals surface area contributed by atoms with E-state index in [0.717, 1.165) is 39.5 Å². The molecule has 0 amide bonds. The number of nitrogens with one attached hydrogen (secondary N) is 1. The molecule has 0 spiro atoms. The lowest BCUT2D eigenvalue weighted by Gasteiger charge is -2.08. The molecule has 118 valence electrons. The van der Waals surface area contributed by atoms with Crippen LogP contribution in [0.15, 0.2) is 47.3 Å². The Labute approximate surface area is 138 Å². The zero-order valence-corrected chi connectivity index (χ0v) is 13.7. The maximum atomic E-state index is 11.2. The summed E-state index contributed by atoms with van der Waals surface area (Å²) >= 11 is 1.03. The predicted octanol–water partition coefficient (Wildman–Crippen LogP) is 4.14. The maximum Gasteiger partial charge on any atom is 0.307 e. The maximum absolute atomic E-state index is 11.2. The number of rotatable bonds is 4. The summed E-state index contributed by atoms with van der Waals surface area (Å²) in [5, 5.41) is 9.62. The van der Waals surface area contributed by atoms with Crippen LogP contribution in [0.3, 0.4) is 0 Å². The zero-order chi connectivity index (χ0) is 16.4. The van der Waals surface area contributed by atoms with Crippen molar-refractivity contribution in [3.05, 3.63) is 73.7 Å². The van der Waals surface area contributed by atoms with Crippen LogP contribution in [0.4, 0.5) is 0 Å². The van der Waals surface area contributed by atoms with Crippen molar-refractivity contribution < 1.29 is 9.84 Å². The molecule has 23 heavy (non-hydrogen) atoms. The van der Waals surface area contributed by atoms with Crippen molar-refractivity contribution in [2.45, 2.75) is 20.3 Å². The van der Waals surface area contributed by atoms with E-state index in [-0.39, 0.29) is 10.8 Å². The summed E-state index contributed by atoms with van der Waals surface area (Å²) in [4.78, 5) is 14.0. The summed E-state index contributed by atoms with van der Waals surface area (Å²) < 4.78 is 5.87. The first-order chi connectivity index (χ1) is 11.0. The van der Waals surface area contributed by atoms with E-state index in [1.807, 2.05) is 50.2 Å². The van der Waals surface area contributed by atoms with Crippen molar-refractivity contribution in [2.75, 3.05) is 0 Å². The minimum atomic E-state index is -0.243. The van der Waals surface area contributed by atoms with Gasteiger partial charge in [-0.1, -0.05) is 29.5 Å². The lowest BCUT2D eigenvalue weighted by molar-refractivity contribution is 0.451. The molecule has 0 aliphatic rings. The van der Waals surface area contributed by atoms with Crippen LogP contribution in [0.25, 0.3) is 0 Å². The van der Waals surface area contributed by atoms with Gasteiger partial charge in [-0.2, -0.15) is 0 Å². The van der Waals surface area contributed by atoms with Gasteiger partial charge in [0.15, 0.2) is 0 Å². The van der Waals surface area contributed by atoms with E-state index in [9.17, 15) is 9.90 Å². The van der Waals surface area contributed by atoms with Crippen LogP contribution < -0.4 is 9.61 Å². The number of aromatic hydroxyl groups is 1. The summed E-state index contributed by atoms with van der Waals surface area (Å²) in [7, 11) is 0. The van der Waals surface area contributed by atoms with Crippen LogP contribution in [0.1, 0.15) is 21.6 Å². The fraction of sp³-hybridized carbons (Fsp3) is 0.167. The second kappa shape index (κ2) is 6.30. The average Bonchev–Trinajstić information content (AvgIpc) is 2.78. The Morgan fingerprint density at radius 3 is 2.26 bits per heavy atom.